The Balaban J connectivity index is 1.99. The molecule has 0 amide bonds. The molecular formula is C15H18BrN3. The third kappa shape index (κ3) is 2.59. The first-order valence-electron chi connectivity index (χ1n) is 6.89. The van der Waals surface area contributed by atoms with Gasteiger partial charge in [-0.2, -0.15) is 0 Å². The van der Waals surface area contributed by atoms with Gasteiger partial charge in [0.05, 0.1) is 11.2 Å². The largest absolute Gasteiger partial charge is 0.370 e. The summed E-state index contributed by atoms with van der Waals surface area (Å²) in [6.45, 7) is 0. The van der Waals surface area contributed by atoms with E-state index < -0.39 is 0 Å². The fourth-order valence-corrected chi connectivity index (χ4v) is 3.26. The maximum Gasteiger partial charge on any atom is 0.112 e. The quantitative estimate of drug-likeness (QED) is 0.832. The lowest BCUT2D eigenvalue weighted by atomic mass is 9.94. The van der Waals surface area contributed by atoms with Crippen molar-refractivity contribution in [3.63, 3.8) is 0 Å². The molecule has 0 saturated heterocycles. The topological polar surface area (TPSA) is 29.0 Å². The van der Waals surface area contributed by atoms with Crippen molar-refractivity contribution in [1.82, 2.24) is 9.97 Å². The number of hydrogen-bond acceptors (Lipinski definition) is 3. The molecule has 4 heteroatoms. The van der Waals surface area contributed by atoms with Crippen molar-refractivity contribution in [3.05, 3.63) is 29.0 Å². The van der Waals surface area contributed by atoms with Crippen molar-refractivity contribution < 1.29 is 0 Å². The van der Waals surface area contributed by atoms with E-state index in [1.165, 1.54) is 37.8 Å². The highest BCUT2D eigenvalue weighted by molar-refractivity contribution is 9.10. The number of aromatic nitrogens is 2. The highest BCUT2D eigenvalue weighted by atomic mass is 79.9. The Hall–Kier alpha value is -1.16. The number of hydrogen-bond donors (Lipinski definition) is 0. The van der Waals surface area contributed by atoms with Crippen LogP contribution in [0.3, 0.4) is 0 Å². The van der Waals surface area contributed by atoms with E-state index in [0.29, 0.717) is 6.04 Å². The van der Waals surface area contributed by atoms with Crippen LogP contribution in [0.2, 0.25) is 0 Å². The first-order chi connectivity index (χ1) is 9.25. The van der Waals surface area contributed by atoms with Gasteiger partial charge >= 0.3 is 0 Å². The van der Waals surface area contributed by atoms with Crippen molar-refractivity contribution in [2.24, 2.45) is 0 Å². The lowest BCUT2D eigenvalue weighted by molar-refractivity contribution is 0.428. The molecule has 1 aliphatic rings. The molecule has 0 N–H and O–H groups in total. The molecule has 0 bridgehead atoms. The predicted octanol–water partition coefficient (Wildman–Crippen LogP) is 4.16. The van der Waals surface area contributed by atoms with Crippen molar-refractivity contribution >= 4 is 32.7 Å². The molecule has 3 rings (SSSR count). The van der Waals surface area contributed by atoms with Crippen LogP contribution in [0, 0.1) is 0 Å². The smallest absolute Gasteiger partial charge is 0.112 e. The number of pyridine rings is 2. The van der Waals surface area contributed by atoms with E-state index in [4.69, 9.17) is 0 Å². The molecule has 2 aromatic heterocycles. The summed E-state index contributed by atoms with van der Waals surface area (Å²) in [6, 6.07) is 4.75. The summed E-state index contributed by atoms with van der Waals surface area (Å²) in [4.78, 5) is 11.3. The van der Waals surface area contributed by atoms with Crippen LogP contribution in [0.15, 0.2) is 29.0 Å². The van der Waals surface area contributed by atoms with Crippen molar-refractivity contribution in [3.8, 4) is 0 Å². The first-order valence-corrected chi connectivity index (χ1v) is 7.68. The SMILES string of the molecule is CN(c1ccnc2cc(Br)cnc12)C1CCCCC1. The van der Waals surface area contributed by atoms with E-state index in [0.717, 1.165) is 15.5 Å². The van der Waals surface area contributed by atoms with Gasteiger partial charge in [-0.15, -0.1) is 0 Å². The normalized spacial score (nSPS) is 16.7. The Morgan fingerprint density at radius 1 is 1.21 bits per heavy atom. The molecule has 1 fully saturated rings. The Morgan fingerprint density at radius 2 is 2.00 bits per heavy atom. The van der Waals surface area contributed by atoms with Crippen LogP contribution in [0.1, 0.15) is 32.1 Å². The van der Waals surface area contributed by atoms with Crippen LogP contribution in [0.25, 0.3) is 11.0 Å². The van der Waals surface area contributed by atoms with Gasteiger partial charge in [0, 0.05) is 30.0 Å². The van der Waals surface area contributed by atoms with Gasteiger partial charge in [0.2, 0.25) is 0 Å². The molecule has 19 heavy (non-hydrogen) atoms. The highest BCUT2D eigenvalue weighted by Crippen LogP contribution is 2.30. The van der Waals surface area contributed by atoms with E-state index in [2.05, 4.69) is 43.9 Å². The van der Waals surface area contributed by atoms with Crippen LogP contribution >= 0.6 is 15.9 Å². The highest BCUT2D eigenvalue weighted by Gasteiger charge is 2.20. The fourth-order valence-electron chi connectivity index (χ4n) is 2.94. The van der Waals surface area contributed by atoms with E-state index in [9.17, 15) is 0 Å². The Bertz CT molecular complexity index is 579. The average molecular weight is 320 g/mol. The van der Waals surface area contributed by atoms with E-state index in [-0.39, 0.29) is 0 Å². The molecule has 0 aliphatic heterocycles. The third-order valence-corrected chi connectivity index (χ3v) is 4.46. The molecule has 0 radical (unpaired) electrons. The van der Waals surface area contributed by atoms with Gasteiger partial charge in [0.25, 0.3) is 0 Å². The van der Waals surface area contributed by atoms with Crippen molar-refractivity contribution in [2.45, 2.75) is 38.1 Å². The van der Waals surface area contributed by atoms with Crippen LogP contribution < -0.4 is 4.90 Å². The number of rotatable bonds is 2. The number of halogens is 1. The summed E-state index contributed by atoms with van der Waals surface area (Å²) < 4.78 is 0.977. The molecule has 2 aromatic rings. The standard InChI is InChI=1S/C15H18BrN3/c1-19(12-5-3-2-4-6-12)14-7-8-17-13-9-11(16)10-18-15(13)14/h7-10,12H,2-6H2,1H3. The molecule has 100 valence electrons. The van der Waals surface area contributed by atoms with E-state index in [1.54, 1.807) is 0 Å². The minimum absolute atomic E-state index is 0.643. The molecular weight excluding hydrogens is 302 g/mol. The second-order valence-electron chi connectivity index (χ2n) is 5.25. The second-order valence-corrected chi connectivity index (χ2v) is 6.17. The molecule has 2 heterocycles. The number of fused-ring (bicyclic) bond motifs is 1. The number of nitrogens with zero attached hydrogens (tertiary/aromatic N) is 3. The summed E-state index contributed by atoms with van der Waals surface area (Å²) in [6.07, 6.45) is 10.4. The van der Waals surface area contributed by atoms with Crippen molar-refractivity contribution in [1.29, 1.82) is 0 Å². The zero-order chi connectivity index (χ0) is 13.2. The van der Waals surface area contributed by atoms with Gasteiger partial charge < -0.3 is 4.90 Å². The van der Waals surface area contributed by atoms with Gasteiger partial charge in [0.15, 0.2) is 0 Å². The summed E-state index contributed by atoms with van der Waals surface area (Å²) >= 11 is 3.45. The van der Waals surface area contributed by atoms with Gasteiger partial charge in [0.1, 0.15) is 5.52 Å². The predicted molar refractivity (Wildman–Crippen MR) is 82.5 cm³/mol. The lowest BCUT2D eigenvalue weighted by Crippen LogP contribution is -2.33. The van der Waals surface area contributed by atoms with Crippen LogP contribution in [0.5, 0.6) is 0 Å². The van der Waals surface area contributed by atoms with Crippen molar-refractivity contribution in [2.75, 3.05) is 11.9 Å². The minimum Gasteiger partial charge on any atom is -0.370 e. The number of anilines is 1. The molecule has 0 aromatic carbocycles. The Morgan fingerprint density at radius 3 is 2.79 bits per heavy atom. The monoisotopic (exact) mass is 319 g/mol. The van der Waals surface area contributed by atoms with Gasteiger partial charge in [-0.25, -0.2) is 0 Å². The molecule has 0 unspecified atom stereocenters. The molecule has 0 spiro atoms. The molecule has 1 aliphatic carbocycles. The summed E-state index contributed by atoms with van der Waals surface area (Å²) in [5.41, 5.74) is 3.15. The van der Waals surface area contributed by atoms with E-state index in [1.807, 2.05) is 18.5 Å². The Kier molecular flexibility index (Phi) is 3.69. The van der Waals surface area contributed by atoms with Gasteiger partial charge in [-0.3, -0.25) is 9.97 Å². The zero-order valence-electron chi connectivity index (χ0n) is 11.1. The summed E-state index contributed by atoms with van der Waals surface area (Å²) in [7, 11) is 2.19. The molecule has 1 saturated carbocycles. The van der Waals surface area contributed by atoms with E-state index >= 15 is 0 Å². The molecule has 0 atom stereocenters. The average Bonchev–Trinajstić information content (AvgIpc) is 2.46. The maximum atomic E-state index is 4.55. The fraction of sp³-hybridized carbons (Fsp3) is 0.467. The second kappa shape index (κ2) is 5.45. The first kappa shape index (κ1) is 12.9. The van der Waals surface area contributed by atoms with Gasteiger partial charge in [-0.05, 0) is 40.9 Å². The summed E-state index contributed by atoms with van der Waals surface area (Å²) in [5, 5.41) is 0. The summed E-state index contributed by atoms with van der Waals surface area (Å²) in [5.74, 6) is 0. The van der Waals surface area contributed by atoms with Crippen LogP contribution in [0.4, 0.5) is 5.69 Å². The Labute approximate surface area is 122 Å². The third-order valence-electron chi connectivity index (χ3n) is 4.03. The minimum atomic E-state index is 0.643. The van der Waals surface area contributed by atoms with Gasteiger partial charge in [-0.1, -0.05) is 19.3 Å². The zero-order valence-corrected chi connectivity index (χ0v) is 12.7. The maximum absolute atomic E-state index is 4.55. The van der Waals surface area contributed by atoms with Crippen LogP contribution in [-0.2, 0) is 0 Å². The van der Waals surface area contributed by atoms with Crippen LogP contribution in [-0.4, -0.2) is 23.1 Å². The molecule has 3 nitrogen and oxygen atoms in total. The lowest BCUT2D eigenvalue weighted by Gasteiger charge is -2.33.